The monoisotopic (exact) mass is 253 g/mol. The van der Waals surface area contributed by atoms with Crippen molar-refractivity contribution in [3.05, 3.63) is 23.7 Å². The molecule has 1 amide bonds. The summed E-state index contributed by atoms with van der Waals surface area (Å²) in [6.07, 6.45) is 2.44. The van der Waals surface area contributed by atoms with Crippen LogP contribution in [0.4, 0.5) is 0 Å². The van der Waals surface area contributed by atoms with Gasteiger partial charge in [0, 0.05) is 18.4 Å². The first-order chi connectivity index (χ1) is 8.60. The van der Waals surface area contributed by atoms with Crippen molar-refractivity contribution in [2.45, 2.75) is 40.0 Å². The molecule has 0 aromatic carbocycles. The second-order valence-corrected chi connectivity index (χ2v) is 4.67. The smallest absolute Gasteiger partial charge is 0.287 e. The highest BCUT2D eigenvalue weighted by atomic mass is 16.3. The highest BCUT2D eigenvalue weighted by Crippen LogP contribution is 2.24. The number of hydrogen-bond donors (Lipinski definition) is 2. The van der Waals surface area contributed by atoms with Crippen molar-refractivity contribution < 1.29 is 14.3 Å². The number of rotatable bonds is 7. The third kappa shape index (κ3) is 3.35. The summed E-state index contributed by atoms with van der Waals surface area (Å²) >= 11 is 0. The Labute approximate surface area is 108 Å². The zero-order valence-corrected chi connectivity index (χ0v) is 11.5. The maximum atomic E-state index is 11.9. The highest BCUT2D eigenvalue weighted by Gasteiger charge is 2.26. The van der Waals surface area contributed by atoms with E-state index in [1.54, 1.807) is 6.07 Å². The minimum Gasteiger partial charge on any atom is -0.456 e. The van der Waals surface area contributed by atoms with E-state index < -0.39 is 0 Å². The summed E-state index contributed by atoms with van der Waals surface area (Å²) in [5.41, 5.74) is -0.226. The SMILES string of the molecule is CCc1ccc(C(=O)NCC(CC)(CC)CO)o1. The number of carbonyl (C=O) groups is 1. The molecule has 0 aliphatic carbocycles. The van der Waals surface area contributed by atoms with Crippen molar-refractivity contribution in [2.24, 2.45) is 5.41 Å². The van der Waals surface area contributed by atoms with Crippen LogP contribution in [0.5, 0.6) is 0 Å². The summed E-state index contributed by atoms with van der Waals surface area (Å²) in [6.45, 7) is 6.57. The molecule has 0 saturated carbocycles. The molecule has 1 rings (SSSR count). The standard InChI is InChI=1S/C14H23NO3/c1-4-11-7-8-12(18-11)13(17)15-9-14(5-2,6-3)10-16/h7-8,16H,4-6,9-10H2,1-3H3,(H,15,17). The highest BCUT2D eigenvalue weighted by molar-refractivity contribution is 5.91. The third-order valence-corrected chi connectivity index (χ3v) is 3.69. The van der Waals surface area contributed by atoms with Crippen LogP contribution >= 0.6 is 0 Å². The van der Waals surface area contributed by atoms with Crippen LogP contribution in [0, 0.1) is 5.41 Å². The molecule has 1 aromatic heterocycles. The Kier molecular flexibility index (Phi) is 5.41. The van der Waals surface area contributed by atoms with Gasteiger partial charge in [-0.15, -0.1) is 0 Å². The van der Waals surface area contributed by atoms with E-state index in [4.69, 9.17) is 4.42 Å². The van der Waals surface area contributed by atoms with E-state index in [2.05, 4.69) is 5.32 Å². The van der Waals surface area contributed by atoms with E-state index in [9.17, 15) is 9.90 Å². The largest absolute Gasteiger partial charge is 0.456 e. The number of amides is 1. The van der Waals surface area contributed by atoms with E-state index in [1.807, 2.05) is 26.8 Å². The first kappa shape index (κ1) is 14.8. The lowest BCUT2D eigenvalue weighted by Gasteiger charge is -2.29. The van der Waals surface area contributed by atoms with Gasteiger partial charge in [-0.25, -0.2) is 0 Å². The van der Waals surface area contributed by atoms with Crippen LogP contribution < -0.4 is 5.32 Å². The van der Waals surface area contributed by atoms with Crippen LogP contribution in [-0.4, -0.2) is 24.2 Å². The van der Waals surface area contributed by atoms with Gasteiger partial charge in [0.05, 0.1) is 6.61 Å². The fourth-order valence-electron chi connectivity index (χ4n) is 1.82. The van der Waals surface area contributed by atoms with Crippen LogP contribution in [-0.2, 0) is 6.42 Å². The summed E-state index contributed by atoms with van der Waals surface area (Å²) in [5.74, 6) is 0.930. The molecule has 0 atom stereocenters. The average Bonchev–Trinajstić information content (AvgIpc) is 2.89. The molecule has 2 N–H and O–H groups in total. The van der Waals surface area contributed by atoms with Crippen molar-refractivity contribution in [1.29, 1.82) is 0 Å². The van der Waals surface area contributed by atoms with Gasteiger partial charge in [0.2, 0.25) is 0 Å². The molecule has 1 aromatic rings. The molecule has 0 bridgehead atoms. The van der Waals surface area contributed by atoms with Crippen LogP contribution in [0.25, 0.3) is 0 Å². The van der Waals surface area contributed by atoms with Gasteiger partial charge in [-0.05, 0) is 25.0 Å². The number of furan rings is 1. The minimum absolute atomic E-state index is 0.0820. The number of aliphatic hydroxyl groups is 1. The molecule has 18 heavy (non-hydrogen) atoms. The summed E-state index contributed by atoms with van der Waals surface area (Å²) in [7, 11) is 0. The average molecular weight is 253 g/mol. The van der Waals surface area contributed by atoms with Gasteiger partial charge >= 0.3 is 0 Å². The third-order valence-electron chi connectivity index (χ3n) is 3.69. The maximum Gasteiger partial charge on any atom is 0.287 e. The number of hydrogen-bond acceptors (Lipinski definition) is 3. The van der Waals surface area contributed by atoms with Gasteiger partial charge in [-0.2, -0.15) is 0 Å². The van der Waals surface area contributed by atoms with Crippen molar-refractivity contribution in [2.75, 3.05) is 13.2 Å². The molecule has 0 fully saturated rings. The molecular weight excluding hydrogens is 230 g/mol. The molecule has 4 heteroatoms. The van der Waals surface area contributed by atoms with Crippen molar-refractivity contribution >= 4 is 5.91 Å². The van der Waals surface area contributed by atoms with E-state index in [0.29, 0.717) is 12.3 Å². The van der Waals surface area contributed by atoms with Gasteiger partial charge in [-0.1, -0.05) is 20.8 Å². The lowest BCUT2D eigenvalue weighted by atomic mass is 9.83. The van der Waals surface area contributed by atoms with Gasteiger partial charge in [0.25, 0.3) is 5.91 Å². The lowest BCUT2D eigenvalue weighted by Crippen LogP contribution is -2.39. The fourth-order valence-corrected chi connectivity index (χ4v) is 1.82. The van der Waals surface area contributed by atoms with Crippen molar-refractivity contribution in [3.8, 4) is 0 Å². The Morgan fingerprint density at radius 3 is 2.44 bits per heavy atom. The van der Waals surface area contributed by atoms with E-state index >= 15 is 0 Å². The molecular formula is C14H23NO3. The minimum atomic E-state index is -0.226. The van der Waals surface area contributed by atoms with Crippen LogP contribution in [0.15, 0.2) is 16.5 Å². The quantitative estimate of drug-likeness (QED) is 0.784. The molecule has 0 aliphatic rings. The number of aryl methyl sites for hydroxylation is 1. The Balaban J connectivity index is 2.59. The zero-order chi connectivity index (χ0) is 13.6. The Bertz CT molecular complexity index is 372. The second-order valence-electron chi connectivity index (χ2n) is 4.67. The zero-order valence-electron chi connectivity index (χ0n) is 11.5. The maximum absolute atomic E-state index is 11.9. The Morgan fingerprint density at radius 1 is 1.33 bits per heavy atom. The molecule has 0 unspecified atom stereocenters. The number of carbonyl (C=O) groups excluding carboxylic acids is 1. The topological polar surface area (TPSA) is 62.5 Å². The van der Waals surface area contributed by atoms with E-state index in [1.165, 1.54) is 0 Å². The number of aliphatic hydroxyl groups excluding tert-OH is 1. The molecule has 1 heterocycles. The normalized spacial score (nSPS) is 11.6. The first-order valence-corrected chi connectivity index (χ1v) is 6.58. The van der Waals surface area contributed by atoms with E-state index in [-0.39, 0.29) is 17.9 Å². The predicted octanol–water partition coefficient (Wildman–Crippen LogP) is 2.37. The van der Waals surface area contributed by atoms with Crippen molar-refractivity contribution in [3.63, 3.8) is 0 Å². The fraction of sp³-hybridized carbons (Fsp3) is 0.643. The van der Waals surface area contributed by atoms with Crippen LogP contribution in [0.1, 0.15) is 49.9 Å². The van der Waals surface area contributed by atoms with Gasteiger partial charge < -0.3 is 14.8 Å². The summed E-state index contributed by atoms with van der Waals surface area (Å²) in [4.78, 5) is 11.9. The summed E-state index contributed by atoms with van der Waals surface area (Å²) in [5, 5.41) is 12.3. The molecule has 0 saturated heterocycles. The van der Waals surface area contributed by atoms with Gasteiger partial charge in [0.15, 0.2) is 5.76 Å². The van der Waals surface area contributed by atoms with Crippen molar-refractivity contribution in [1.82, 2.24) is 5.32 Å². The van der Waals surface area contributed by atoms with Crippen LogP contribution in [0.3, 0.4) is 0 Å². The number of nitrogens with one attached hydrogen (secondary N) is 1. The lowest BCUT2D eigenvalue weighted by molar-refractivity contribution is 0.0826. The second kappa shape index (κ2) is 6.59. The molecule has 0 aliphatic heterocycles. The van der Waals surface area contributed by atoms with Crippen LogP contribution in [0.2, 0.25) is 0 Å². The molecule has 0 radical (unpaired) electrons. The van der Waals surface area contributed by atoms with Gasteiger partial charge in [-0.3, -0.25) is 4.79 Å². The predicted molar refractivity (Wildman–Crippen MR) is 70.5 cm³/mol. The summed E-state index contributed by atoms with van der Waals surface area (Å²) in [6, 6.07) is 3.50. The molecule has 102 valence electrons. The summed E-state index contributed by atoms with van der Waals surface area (Å²) < 4.78 is 5.39. The molecule has 0 spiro atoms. The molecule has 4 nitrogen and oxygen atoms in total. The van der Waals surface area contributed by atoms with E-state index in [0.717, 1.165) is 25.0 Å². The first-order valence-electron chi connectivity index (χ1n) is 6.58. The van der Waals surface area contributed by atoms with Gasteiger partial charge in [0.1, 0.15) is 5.76 Å². The Morgan fingerprint density at radius 2 is 2.00 bits per heavy atom. The Hall–Kier alpha value is -1.29.